The standard InChI is InChI=1S/C31H45N3O/c1-23(34(2)28-15-7-4-8-16-28)31-27(19-20-32)22-33-29(31)17-18-30(35)26-14-10-9-13-25(21-26)24-11-5-3-6-12-24/h3,5-6,11-12,20,23,25-26,28,32H,4,7-10,13-19,21-22H2,1-2H3. The van der Waals surface area contributed by atoms with Crippen LogP contribution in [0.1, 0.15) is 102 Å². The molecule has 0 radical (unpaired) electrons. The normalized spacial score (nSPS) is 24.8. The summed E-state index contributed by atoms with van der Waals surface area (Å²) >= 11 is 0. The monoisotopic (exact) mass is 475 g/mol. The van der Waals surface area contributed by atoms with Gasteiger partial charge in [0.05, 0.1) is 6.54 Å². The van der Waals surface area contributed by atoms with Gasteiger partial charge in [-0.25, -0.2) is 0 Å². The van der Waals surface area contributed by atoms with E-state index in [1.807, 2.05) is 0 Å². The lowest BCUT2D eigenvalue weighted by molar-refractivity contribution is -0.123. The lowest BCUT2D eigenvalue weighted by Gasteiger charge is -2.37. The lowest BCUT2D eigenvalue weighted by atomic mass is 9.84. The summed E-state index contributed by atoms with van der Waals surface area (Å²) in [7, 11) is 2.27. The molecule has 3 aliphatic rings. The quantitative estimate of drug-likeness (QED) is 0.289. The van der Waals surface area contributed by atoms with E-state index in [0.29, 0.717) is 43.2 Å². The van der Waals surface area contributed by atoms with Gasteiger partial charge < -0.3 is 5.41 Å². The third-order valence-electron chi connectivity index (χ3n) is 8.94. The van der Waals surface area contributed by atoms with Gasteiger partial charge in [-0.1, -0.05) is 62.4 Å². The Hall–Kier alpha value is -2.07. The summed E-state index contributed by atoms with van der Waals surface area (Å²) in [5.41, 5.74) is 5.15. The number of hydrogen-bond donors (Lipinski definition) is 1. The van der Waals surface area contributed by atoms with Gasteiger partial charge in [0.1, 0.15) is 5.78 Å². The largest absolute Gasteiger partial charge is 0.313 e. The fourth-order valence-electron chi connectivity index (χ4n) is 6.75. The third-order valence-corrected chi connectivity index (χ3v) is 8.94. The third kappa shape index (κ3) is 6.58. The molecule has 1 aromatic carbocycles. The highest BCUT2D eigenvalue weighted by atomic mass is 16.1. The number of nitrogens with one attached hydrogen (secondary N) is 1. The molecule has 190 valence electrons. The van der Waals surface area contributed by atoms with Gasteiger partial charge >= 0.3 is 0 Å². The Morgan fingerprint density at radius 1 is 1.09 bits per heavy atom. The summed E-state index contributed by atoms with van der Waals surface area (Å²) in [5.74, 6) is 1.12. The maximum Gasteiger partial charge on any atom is 0.136 e. The highest BCUT2D eigenvalue weighted by Gasteiger charge is 2.31. The van der Waals surface area contributed by atoms with Crippen LogP contribution in [0.5, 0.6) is 0 Å². The number of likely N-dealkylation sites (N-methyl/N-ethyl adjacent to an activating group) is 1. The summed E-state index contributed by atoms with van der Waals surface area (Å²) in [6.45, 7) is 3.02. The van der Waals surface area contributed by atoms with Gasteiger partial charge in [-0.15, -0.1) is 0 Å². The van der Waals surface area contributed by atoms with E-state index in [1.165, 1.54) is 74.3 Å². The van der Waals surface area contributed by atoms with Crippen LogP contribution >= 0.6 is 0 Å². The molecule has 0 aromatic heterocycles. The molecule has 1 aliphatic heterocycles. The van der Waals surface area contributed by atoms with Gasteiger partial charge in [-0.3, -0.25) is 14.7 Å². The average Bonchev–Trinajstić information content (AvgIpc) is 3.13. The van der Waals surface area contributed by atoms with Crippen molar-refractivity contribution < 1.29 is 4.79 Å². The Labute approximate surface area is 212 Å². The molecule has 2 saturated carbocycles. The molecule has 1 heterocycles. The van der Waals surface area contributed by atoms with Crippen LogP contribution in [0.4, 0.5) is 0 Å². The molecule has 4 rings (SSSR count). The Balaban J connectivity index is 1.40. The SMILES string of the molecule is CC(C1=C(CC=N)CN=C1CCC(=O)C1CCCCC(c2ccccc2)C1)N(C)C1CCCCC1. The Kier molecular flexibility index (Phi) is 9.48. The Morgan fingerprint density at radius 3 is 2.54 bits per heavy atom. The second-order valence-electron chi connectivity index (χ2n) is 11.1. The van der Waals surface area contributed by atoms with Crippen molar-refractivity contribution in [2.75, 3.05) is 13.6 Å². The molecular formula is C31H45N3O. The second-order valence-corrected chi connectivity index (χ2v) is 11.1. The van der Waals surface area contributed by atoms with E-state index in [-0.39, 0.29) is 5.92 Å². The number of ketones is 1. The van der Waals surface area contributed by atoms with E-state index < -0.39 is 0 Å². The molecule has 2 aliphatic carbocycles. The zero-order chi connectivity index (χ0) is 24.6. The van der Waals surface area contributed by atoms with Crippen molar-refractivity contribution in [2.24, 2.45) is 10.9 Å². The minimum absolute atomic E-state index is 0.181. The highest BCUT2D eigenvalue weighted by Crippen LogP contribution is 2.36. The number of carbonyl (C=O) groups is 1. The molecule has 3 unspecified atom stereocenters. The van der Waals surface area contributed by atoms with Gasteiger partial charge in [0.25, 0.3) is 0 Å². The summed E-state index contributed by atoms with van der Waals surface area (Å²) < 4.78 is 0. The van der Waals surface area contributed by atoms with Crippen molar-refractivity contribution in [2.45, 2.75) is 108 Å². The number of rotatable bonds is 10. The van der Waals surface area contributed by atoms with Gasteiger partial charge in [0.15, 0.2) is 0 Å². The number of carbonyl (C=O) groups excluding carboxylic acids is 1. The number of aliphatic imine (C=N–C) groups is 1. The summed E-state index contributed by atoms with van der Waals surface area (Å²) in [6, 6.07) is 11.7. The van der Waals surface area contributed by atoms with Crippen LogP contribution in [0.25, 0.3) is 0 Å². The van der Waals surface area contributed by atoms with Crippen LogP contribution in [-0.4, -0.2) is 48.3 Å². The zero-order valence-electron chi connectivity index (χ0n) is 22.0. The van der Waals surface area contributed by atoms with Crippen LogP contribution in [0, 0.1) is 11.3 Å². The minimum Gasteiger partial charge on any atom is -0.313 e. The van der Waals surface area contributed by atoms with Crippen molar-refractivity contribution in [3.8, 4) is 0 Å². The van der Waals surface area contributed by atoms with Crippen molar-refractivity contribution in [1.82, 2.24) is 4.90 Å². The van der Waals surface area contributed by atoms with Crippen molar-refractivity contribution >= 4 is 17.7 Å². The molecule has 0 saturated heterocycles. The maximum atomic E-state index is 13.4. The second kappa shape index (κ2) is 12.8. The van der Waals surface area contributed by atoms with E-state index in [4.69, 9.17) is 10.4 Å². The summed E-state index contributed by atoms with van der Waals surface area (Å²) in [5, 5.41) is 7.70. The predicted molar refractivity (Wildman–Crippen MR) is 147 cm³/mol. The van der Waals surface area contributed by atoms with Gasteiger partial charge in [0.2, 0.25) is 0 Å². The maximum absolute atomic E-state index is 13.4. The molecule has 1 N–H and O–H groups in total. The first-order chi connectivity index (χ1) is 17.1. The Morgan fingerprint density at radius 2 is 1.80 bits per heavy atom. The minimum atomic E-state index is 0.181. The van der Waals surface area contributed by atoms with Crippen molar-refractivity contribution in [3.05, 3.63) is 47.0 Å². The van der Waals surface area contributed by atoms with E-state index in [0.717, 1.165) is 25.0 Å². The first-order valence-corrected chi connectivity index (χ1v) is 14.1. The van der Waals surface area contributed by atoms with Crippen molar-refractivity contribution in [1.29, 1.82) is 5.41 Å². The van der Waals surface area contributed by atoms with Crippen LogP contribution < -0.4 is 0 Å². The molecular weight excluding hydrogens is 430 g/mol. The molecule has 1 aromatic rings. The average molecular weight is 476 g/mol. The lowest BCUT2D eigenvalue weighted by Crippen LogP contribution is -2.42. The number of benzene rings is 1. The molecule has 4 nitrogen and oxygen atoms in total. The van der Waals surface area contributed by atoms with Gasteiger partial charge in [-0.2, -0.15) is 0 Å². The van der Waals surface area contributed by atoms with Crippen molar-refractivity contribution in [3.63, 3.8) is 0 Å². The van der Waals surface area contributed by atoms with Crippen LogP contribution in [0.3, 0.4) is 0 Å². The zero-order valence-corrected chi connectivity index (χ0v) is 22.0. The first-order valence-electron chi connectivity index (χ1n) is 14.1. The molecule has 35 heavy (non-hydrogen) atoms. The summed E-state index contributed by atoms with van der Waals surface area (Å²) in [6.07, 6.45) is 15.8. The number of nitrogens with zero attached hydrogens (tertiary/aromatic N) is 2. The molecule has 0 amide bonds. The molecule has 4 heteroatoms. The fourth-order valence-corrected chi connectivity index (χ4v) is 6.75. The summed E-state index contributed by atoms with van der Waals surface area (Å²) in [4.78, 5) is 20.9. The van der Waals surface area contributed by atoms with E-state index in [9.17, 15) is 4.79 Å². The van der Waals surface area contributed by atoms with Gasteiger partial charge in [0, 0.05) is 36.6 Å². The Bertz CT molecular complexity index is 912. The van der Waals surface area contributed by atoms with Crippen LogP contribution in [0.15, 0.2) is 46.5 Å². The van der Waals surface area contributed by atoms with Crippen LogP contribution in [0.2, 0.25) is 0 Å². The molecule has 2 fully saturated rings. The highest BCUT2D eigenvalue weighted by molar-refractivity contribution is 6.05. The number of Topliss-reactive ketones (excluding diaryl/α,β-unsaturated/α-hetero) is 1. The fraction of sp³-hybridized carbons (Fsp3) is 0.645. The van der Waals surface area contributed by atoms with Gasteiger partial charge in [-0.05, 0) is 81.3 Å². The van der Waals surface area contributed by atoms with E-state index in [1.54, 1.807) is 0 Å². The van der Waals surface area contributed by atoms with E-state index >= 15 is 0 Å². The smallest absolute Gasteiger partial charge is 0.136 e. The number of hydrogen-bond acceptors (Lipinski definition) is 4. The first kappa shape index (κ1) is 26.0. The topological polar surface area (TPSA) is 56.5 Å². The predicted octanol–water partition coefficient (Wildman–Crippen LogP) is 7.14. The van der Waals surface area contributed by atoms with Crippen LogP contribution in [-0.2, 0) is 4.79 Å². The molecule has 3 atom stereocenters. The molecule has 0 bridgehead atoms. The molecule has 0 spiro atoms. The van der Waals surface area contributed by atoms with E-state index in [2.05, 4.69) is 49.2 Å².